The Kier molecular flexibility index (Phi) is 4.88. The van der Waals surface area contributed by atoms with Crippen molar-refractivity contribution in [3.63, 3.8) is 0 Å². The standard InChI is InChI=1S/C19H13F3N2O2/c20-13-5-3-12(4-6-13)11-24-9-1-2-15(19(24)26)18(25)23-17-10-14(21)7-8-16(17)22/h1-10H,11H2,(H,23,25). The summed E-state index contributed by atoms with van der Waals surface area (Å²) >= 11 is 0. The minimum absolute atomic E-state index is 0.133. The van der Waals surface area contributed by atoms with E-state index in [1.54, 1.807) is 0 Å². The second kappa shape index (κ2) is 7.26. The molecule has 1 aromatic heterocycles. The Bertz CT molecular complexity index is 1010. The summed E-state index contributed by atoms with van der Waals surface area (Å²) in [5.41, 5.74) is -0.519. The summed E-state index contributed by atoms with van der Waals surface area (Å²) in [5, 5.41) is 2.19. The van der Waals surface area contributed by atoms with Crippen molar-refractivity contribution in [3.05, 3.63) is 99.7 Å². The van der Waals surface area contributed by atoms with Gasteiger partial charge in [-0.1, -0.05) is 12.1 Å². The van der Waals surface area contributed by atoms with Crippen molar-refractivity contribution in [2.45, 2.75) is 6.54 Å². The molecule has 0 bridgehead atoms. The van der Waals surface area contributed by atoms with E-state index in [0.29, 0.717) is 5.56 Å². The molecule has 0 radical (unpaired) electrons. The molecule has 0 atom stereocenters. The van der Waals surface area contributed by atoms with Crippen molar-refractivity contribution in [2.24, 2.45) is 0 Å². The van der Waals surface area contributed by atoms with Crippen LogP contribution in [0.25, 0.3) is 0 Å². The van der Waals surface area contributed by atoms with E-state index in [0.717, 1.165) is 18.2 Å². The highest BCUT2D eigenvalue weighted by atomic mass is 19.1. The van der Waals surface area contributed by atoms with Crippen LogP contribution in [-0.4, -0.2) is 10.5 Å². The molecule has 0 aliphatic carbocycles. The molecule has 132 valence electrons. The third kappa shape index (κ3) is 3.83. The molecule has 0 aliphatic heterocycles. The van der Waals surface area contributed by atoms with Crippen LogP contribution in [0.5, 0.6) is 0 Å². The summed E-state index contributed by atoms with van der Waals surface area (Å²) in [4.78, 5) is 24.8. The molecule has 7 heteroatoms. The Labute approximate surface area is 146 Å². The normalized spacial score (nSPS) is 10.6. The van der Waals surface area contributed by atoms with Gasteiger partial charge in [-0.25, -0.2) is 13.2 Å². The van der Waals surface area contributed by atoms with Gasteiger partial charge in [0.2, 0.25) is 0 Å². The van der Waals surface area contributed by atoms with Gasteiger partial charge < -0.3 is 9.88 Å². The number of carbonyl (C=O) groups excluding carboxylic acids is 1. The van der Waals surface area contributed by atoms with Crippen LogP contribution in [-0.2, 0) is 6.54 Å². The summed E-state index contributed by atoms with van der Waals surface area (Å²) < 4.78 is 41.1. The number of benzene rings is 2. The summed E-state index contributed by atoms with van der Waals surface area (Å²) in [5.74, 6) is -2.79. The lowest BCUT2D eigenvalue weighted by Crippen LogP contribution is -2.29. The van der Waals surface area contributed by atoms with Crippen LogP contribution in [0.4, 0.5) is 18.9 Å². The summed E-state index contributed by atoms with van der Waals surface area (Å²) in [6, 6.07) is 11.0. The molecule has 0 fully saturated rings. The molecule has 0 saturated heterocycles. The van der Waals surface area contributed by atoms with E-state index in [1.165, 1.54) is 47.2 Å². The van der Waals surface area contributed by atoms with Crippen molar-refractivity contribution in [1.29, 1.82) is 0 Å². The van der Waals surface area contributed by atoms with Gasteiger partial charge in [-0.2, -0.15) is 0 Å². The molecule has 0 spiro atoms. The average molecular weight is 358 g/mol. The molecule has 0 aliphatic rings. The molecular formula is C19H13F3N2O2. The highest BCUT2D eigenvalue weighted by Gasteiger charge is 2.15. The predicted molar refractivity (Wildman–Crippen MR) is 90.5 cm³/mol. The first-order valence-electron chi connectivity index (χ1n) is 7.64. The fourth-order valence-electron chi connectivity index (χ4n) is 2.40. The van der Waals surface area contributed by atoms with E-state index < -0.39 is 28.9 Å². The molecule has 0 unspecified atom stereocenters. The molecule has 2 aromatic carbocycles. The first-order chi connectivity index (χ1) is 12.4. The molecule has 4 nitrogen and oxygen atoms in total. The maximum atomic E-state index is 13.7. The Hall–Kier alpha value is -3.35. The molecule has 1 amide bonds. The van der Waals surface area contributed by atoms with Gasteiger partial charge in [-0.05, 0) is 42.0 Å². The summed E-state index contributed by atoms with van der Waals surface area (Å²) in [7, 11) is 0. The number of hydrogen-bond donors (Lipinski definition) is 1. The zero-order chi connectivity index (χ0) is 18.7. The molecule has 1 N–H and O–H groups in total. The number of rotatable bonds is 4. The van der Waals surface area contributed by atoms with Gasteiger partial charge in [0.05, 0.1) is 12.2 Å². The van der Waals surface area contributed by atoms with Gasteiger partial charge >= 0.3 is 0 Å². The molecule has 3 aromatic rings. The second-order valence-electron chi connectivity index (χ2n) is 5.56. The number of nitrogens with zero attached hydrogens (tertiary/aromatic N) is 1. The van der Waals surface area contributed by atoms with E-state index in [9.17, 15) is 22.8 Å². The van der Waals surface area contributed by atoms with Crippen molar-refractivity contribution in [1.82, 2.24) is 4.57 Å². The van der Waals surface area contributed by atoms with Crippen LogP contribution in [0.15, 0.2) is 65.6 Å². The SMILES string of the molecule is O=C(Nc1cc(F)ccc1F)c1cccn(Cc2ccc(F)cc2)c1=O. The van der Waals surface area contributed by atoms with Crippen LogP contribution in [0, 0.1) is 17.5 Å². The van der Waals surface area contributed by atoms with Crippen LogP contribution >= 0.6 is 0 Å². The van der Waals surface area contributed by atoms with Gasteiger partial charge in [0.15, 0.2) is 0 Å². The maximum absolute atomic E-state index is 13.7. The fraction of sp³-hybridized carbons (Fsp3) is 0.0526. The lowest BCUT2D eigenvalue weighted by molar-refractivity contribution is 0.102. The lowest BCUT2D eigenvalue weighted by atomic mass is 10.2. The molecule has 3 rings (SSSR count). The Morgan fingerprint density at radius 1 is 0.962 bits per heavy atom. The van der Waals surface area contributed by atoms with Crippen molar-refractivity contribution in [3.8, 4) is 0 Å². The van der Waals surface area contributed by atoms with Crippen molar-refractivity contribution < 1.29 is 18.0 Å². The number of nitrogens with one attached hydrogen (secondary N) is 1. The van der Waals surface area contributed by atoms with E-state index in [-0.39, 0.29) is 17.8 Å². The van der Waals surface area contributed by atoms with Crippen LogP contribution in [0.2, 0.25) is 0 Å². The number of hydrogen-bond acceptors (Lipinski definition) is 2. The highest BCUT2D eigenvalue weighted by molar-refractivity contribution is 6.04. The van der Waals surface area contributed by atoms with Gasteiger partial charge in [-0.15, -0.1) is 0 Å². The van der Waals surface area contributed by atoms with E-state index in [1.807, 2.05) is 0 Å². The highest BCUT2D eigenvalue weighted by Crippen LogP contribution is 2.16. The largest absolute Gasteiger partial charge is 0.319 e. The van der Waals surface area contributed by atoms with Crippen LogP contribution in [0.1, 0.15) is 15.9 Å². The minimum Gasteiger partial charge on any atom is -0.319 e. The average Bonchev–Trinajstić information content (AvgIpc) is 2.62. The summed E-state index contributed by atoms with van der Waals surface area (Å²) in [6.07, 6.45) is 1.48. The van der Waals surface area contributed by atoms with Gasteiger partial charge in [0.25, 0.3) is 11.5 Å². The minimum atomic E-state index is -0.854. The number of aromatic nitrogens is 1. The predicted octanol–water partition coefficient (Wildman–Crippen LogP) is 3.57. The lowest BCUT2D eigenvalue weighted by Gasteiger charge is -2.09. The number of carbonyl (C=O) groups is 1. The maximum Gasteiger partial charge on any atom is 0.263 e. The zero-order valence-corrected chi connectivity index (χ0v) is 13.4. The van der Waals surface area contributed by atoms with Gasteiger partial charge in [-0.3, -0.25) is 9.59 Å². The second-order valence-corrected chi connectivity index (χ2v) is 5.56. The third-order valence-corrected chi connectivity index (χ3v) is 3.71. The number of halogens is 3. The molecule has 26 heavy (non-hydrogen) atoms. The zero-order valence-electron chi connectivity index (χ0n) is 13.4. The Morgan fingerprint density at radius 3 is 2.38 bits per heavy atom. The van der Waals surface area contributed by atoms with E-state index in [4.69, 9.17) is 0 Å². The van der Waals surface area contributed by atoms with E-state index in [2.05, 4.69) is 5.32 Å². The number of pyridine rings is 1. The van der Waals surface area contributed by atoms with E-state index >= 15 is 0 Å². The van der Waals surface area contributed by atoms with Crippen molar-refractivity contribution >= 4 is 11.6 Å². The first kappa shape index (κ1) is 17.5. The first-order valence-corrected chi connectivity index (χ1v) is 7.64. The molecule has 0 saturated carbocycles. The van der Waals surface area contributed by atoms with Gasteiger partial charge in [0.1, 0.15) is 23.0 Å². The number of anilines is 1. The van der Waals surface area contributed by atoms with Gasteiger partial charge in [0, 0.05) is 12.3 Å². The molecule has 1 heterocycles. The topological polar surface area (TPSA) is 51.1 Å². The summed E-state index contributed by atoms with van der Waals surface area (Å²) in [6.45, 7) is 0.133. The third-order valence-electron chi connectivity index (χ3n) is 3.71. The molecular weight excluding hydrogens is 345 g/mol. The van der Waals surface area contributed by atoms with Crippen LogP contribution in [0.3, 0.4) is 0 Å². The smallest absolute Gasteiger partial charge is 0.263 e. The van der Waals surface area contributed by atoms with Crippen LogP contribution < -0.4 is 10.9 Å². The Balaban J connectivity index is 1.86. The van der Waals surface area contributed by atoms with Crippen molar-refractivity contribution in [2.75, 3.05) is 5.32 Å². The quantitative estimate of drug-likeness (QED) is 0.775. The monoisotopic (exact) mass is 358 g/mol. The fourth-order valence-corrected chi connectivity index (χ4v) is 2.40. The number of amides is 1. The Morgan fingerprint density at radius 2 is 1.65 bits per heavy atom.